The minimum Gasteiger partial charge on any atom is -0.383 e. The fourth-order valence-corrected chi connectivity index (χ4v) is 4.49. The van der Waals surface area contributed by atoms with E-state index in [0.29, 0.717) is 18.7 Å². The van der Waals surface area contributed by atoms with Gasteiger partial charge in [-0.05, 0) is 53.6 Å². The van der Waals surface area contributed by atoms with E-state index in [0.717, 1.165) is 40.6 Å². The minimum atomic E-state index is -4.53. The number of carbonyl (C=O) groups excluding carboxylic acids is 3. The number of hydrogen-bond donors (Lipinski definition) is 3. The van der Waals surface area contributed by atoms with E-state index in [1.807, 2.05) is 24.3 Å². The number of hydrogen-bond acceptors (Lipinski definition) is 5. The number of pyridine rings is 1. The average molecular weight is 514 g/mol. The lowest BCUT2D eigenvalue weighted by Crippen LogP contribution is -2.49. The van der Waals surface area contributed by atoms with Gasteiger partial charge in [0.15, 0.2) is 0 Å². The zero-order chi connectivity index (χ0) is 26.7. The first-order chi connectivity index (χ1) is 17.5. The van der Waals surface area contributed by atoms with Crippen LogP contribution in [-0.4, -0.2) is 40.2 Å². The van der Waals surface area contributed by atoms with E-state index >= 15 is 0 Å². The summed E-state index contributed by atoms with van der Waals surface area (Å²) >= 11 is 0. The van der Waals surface area contributed by atoms with Gasteiger partial charge in [0.25, 0.3) is 0 Å². The lowest BCUT2D eigenvalue weighted by molar-refractivity contribution is -0.141. The number of rotatable bonds is 6. The summed E-state index contributed by atoms with van der Waals surface area (Å²) < 4.78 is 38.9. The molecule has 1 fully saturated rings. The van der Waals surface area contributed by atoms with Gasteiger partial charge in [0, 0.05) is 31.6 Å². The van der Waals surface area contributed by atoms with Crippen LogP contribution in [0, 0.1) is 0 Å². The van der Waals surface area contributed by atoms with Gasteiger partial charge in [-0.25, -0.2) is 4.98 Å². The van der Waals surface area contributed by atoms with Gasteiger partial charge in [-0.3, -0.25) is 14.4 Å². The SMILES string of the molecule is CC(=O)NC(C(=O)N1CCC[C@H]1C(=O)NCc1ccc2c(N)nccc2c1)c1ccc(C(F)(F)F)cc1. The van der Waals surface area contributed by atoms with Crippen molar-refractivity contribution in [1.29, 1.82) is 0 Å². The summed E-state index contributed by atoms with van der Waals surface area (Å²) in [4.78, 5) is 43.7. The smallest absolute Gasteiger partial charge is 0.383 e. The quantitative estimate of drug-likeness (QED) is 0.468. The summed E-state index contributed by atoms with van der Waals surface area (Å²) in [6.07, 6.45) is -1.92. The van der Waals surface area contributed by atoms with Crippen molar-refractivity contribution in [2.24, 2.45) is 0 Å². The maximum absolute atomic E-state index is 13.4. The molecule has 3 aromatic rings. The lowest BCUT2D eigenvalue weighted by atomic mass is 10.0. The predicted octanol–water partition coefficient (Wildman–Crippen LogP) is 3.32. The molecule has 2 atom stereocenters. The van der Waals surface area contributed by atoms with Gasteiger partial charge in [0.05, 0.1) is 5.56 Å². The first-order valence-electron chi connectivity index (χ1n) is 11.7. The molecule has 1 aromatic heterocycles. The Morgan fingerprint density at radius 3 is 2.54 bits per heavy atom. The maximum Gasteiger partial charge on any atom is 0.416 e. The fourth-order valence-electron chi connectivity index (χ4n) is 4.49. The van der Waals surface area contributed by atoms with Gasteiger partial charge < -0.3 is 21.3 Å². The molecule has 4 rings (SSSR count). The molecule has 0 aliphatic carbocycles. The summed E-state index contributed by atoms with van der Waals surface area (Å²) in [6.45, 7) is 1.73. The normalized spacial score (nSPS) is 16.4. The predicted molar refractivity (Wildman–Crippen MR) is 131 cm³/mol. The van der Waals surface area contributed by atoms with Crippen molar-refractivity contribution in [3.05, 3.63) is 71.4 Å². The van der Waals surface area contributed by atoms with Gasteiger partial charge in [-0.15, -0.1) is 0 Å². The number of nitrogens with zero attached hydrogens (tertiary/aromatic N) is 2. The maximum atomic E-state index is 13.4. The number of carbonyl (C=O) groups is 3. The third kappa shape index (κ3) is 5.82. The van der Waals surface area contributed by atoms with Crippen LogP contribution in [-0.2, 0) is 27.1 Å². The minimum absolute atomic E-state index is 0.198. The first kappa shape index (κ1) is 25.9. The Labute approximate surface area is 211 Å². The van der Waals surface area contributed by atoms with Crippen molar-refractivity contribution in [2.45, 2.75) is 44.6 Å². The third-order valence-corrected chi connectivity index (χ3v) is 6.33. The molecule has 0 spiro atoms. The van der Waals surface area contributed by atoms with E-state index in [1.54, 1.807) is 6.20 Å². The Kier molecular flexibility index (Phi) is 7.33. The molecule has 8 nitrogen and oxygen atoms in total. The number of likely N-dealkylation sites (tertiary alicyclic amines) is 1. The van der Waals surface area contributed by atoms with Gasteiger partial charge >= 0.3 is 6.18 Å². The molecule has 2 heterocycles. The number of nitrogen functional groups attached to an aromatic ring is 1. The van der Waals surface area contributed by atoms with Crippen molar-refractivity contribution >= 4 is 34.3 Å². The van der Waals surface area contributed by atoms with Crippen molar-refractivity contribution in [3.63, 3.8) is 0 Å². The molecule has 2 aromatic carbocycles. The van der Waals surface area contributed by atoms with Crippen LogP contribution in [0.4, 0.5) is 19.0 Å². The second-order valence-corrected chi connectivity index (χ2v) is 8.91. The van der Waals surface area contributed by atoms with Crippen LogP contribution >= 0.6 is 0 Å². The standard InChI is InChI=1S/C26H26F3N5O3/c1-15(35)33-22(17-5-7-19(8-6-17)26(27,28)29)25(37)34-12-2-3-21(34)24(36)32-14-16-4-9-20-18(13-16)10-11-31-23(20)30/h4-11,13,21-22H,2-3,12,14H2,1H3,(H2,30,31)(H,32,36)(H,33,35)/t21-,22?/m0/s1. The van der Waals surface area contributed by atoms with Crippen LogP contribution in [0.25, 0.3) is 10.8 Å². The number of benzene rings is 2. The van der Waals surface area contributed by atoms with E-state index in [2.05, 4.69) is 15.6 Å². The molecule has 11 heteroatoms. The molecule has 1 aliphatic rings. The Bertz CT molecular complexity index is 1330. The van der Waals surface area contributed by atoms with Crippen LogP contribution in [0.5, 0.6) is 0 Å². The number of anilines is 1. The van der Waals surface area contributed by atoms with E-state index in [4.69, 9.17) is 5.73 Å². The van der Waals surface area contributed by atoms with Gasteiger partial charge in [-0.1, -0.05) is 24.3 Å². The molecule has 4 N–H and O–H groups in total. The number of nitrogens with two attached hydrogens (primary N) is 1. The zero-order valence-electron chi connectivity index (χ0n) is 20.0. The highest BCUT2D eigenvalue weighted by Crippen LogP contribution is 2.31. The highest BCUT2D eigenvalue weighted by atomic mass is 19.4. The van der Waals surface area contributed by atoms with Crippen molar-refractivity contribution in [1.82, 2.24) is 20.5 Å². The van der Waals surface area contributed by atoms with Crippen LogP contribution in [0.2, 0.25) is 0 Å². The molecule has 1 unspecified atom stereocenters. The van der Waals surface area contributed by atoms with Crippen LogP contribution < -0.4 is 16.4 Å². The van der Waals surface area contributed by atoms with Crippen molar-refractivity contribution in [2.75, 3.05) is 12.3 Å². The summed E-state index contributed by atoms with van der Waals surface area (Å²) in [5.74, 6) is -1.02. The molecule has 37 heavy (non-hydrogen) atoms. The van der Waals surface area contributed by atoms with Gasteiger partial charge in [0.2, 0.25) is 17.7 Å². The van der Waals surface area contributed by atoms with E-state index in [1.165, 1.54) is 11.8 Å². The number of nitrogens with one attached hydrogen (secondary N) is 2. The second-order valence-electron chi connectivity index (χ2n) is 8.91. The highest BCUT2D eigenvalue weighted by Gasteiger charge is 2.38. The average Bonchev–Trinajstić information content (AvgIpc) is 3.35. The Morgan fingerprint density at radius 1 is 1.14 bits per heavy atom. The zero-order valence-corrected chi connectivity index (χ0v) is 20.0. The van der Waals surface area contributed by atoms with E-state index < -0.39 is 35.6 Å². The molecule has 3 amide bonds. The van der Waals surface area contributed by atoms with Gasteiger partial charge in [-0.2, -0.15) is 13.2 Å². The molecule has 1 saturated heterocycles. The monoisotopic (exact) mass is 513 g/mol. The molecule has 0 radical (unpaired) electrons. The first-order valence-corrected chi connectivity index (χ1v) is 11.7. The van der Waals surface area contributed by atoms with Crippen molar-refractivity contribution in [3.8, 4) is 0 Å². The van der Waals surface area contributed by atoms with Crippen LogP contribution in [0.3, 0.4) is 0 Å². The van der Waals surface area contributed by atoms with E-state index in [-0.39, 0.29) is 24.6 Å². The highest BCUT2D eigenvalue weighted by molar-refractivity contribution is 5.93. The molecular weight excluding hydrogens is 487 g/mol. The number of alkyl halides is 3. The van der Waals surface area contributed by atoms with Crippen LogP contribution in [0.1, 0.15) is 42.5 Å². The third-order valence-electron chi connectivity index (χ3n) is 6.33. The Hall–Kier alpha value is -4.15. The fraction of sp³-hybridized carbons (Fsp3) is 0.308. The second kappa shape index (κ2) is 10.5. The molecule has 0 saturated carbocycles. The molecular formula is C26H26F3N5O3. The van der Waals surface area contributed by atoms with E-state index in [9.17, 15) is 27.6 Å². The Morgan fingerprint density at radius 2 is 1.86 bits per heavy atom. The Balaban J connectivity index is 1.48. The molecule has 1 aliphatic heterocycles. The van der Waals surface area contributed by atoms with Gasteiger partial charge in [0.1, 0.15) is 17.9 Å². The van der Waals surface area contributed by atoms with Crippen LogP contribution in [0.15, 0.2) is 54.7 Å². The molecule has 194 valence electrons. The molecule has 0 bridgehead atoms. The number of fused-ring (bicyclic) bond motifs is 1. The summed E-state index contributed by atoms with van der Waals surface area (Å²) in [7, 11) is 0. The topological polar surface area (TPSA) is 117 Å². The number of amides is 3. The summed E-state index contributed by atoms with van der Waals surface area (Å²) in [6, 6.07) is 9.43. The number of aromatic nitrogens is 1. The lowest BCUT2D eigenvalue weighted by Gasteiger charge is -2.29. The van der Waals surface area contributed by atoms with Crippen molar-refractivity contribution < 1.29 is 27.6 Å². The largest absolute Gasteiger partial charge is 0.416 e. The number of halogens is 3. The summed E-state index contributed by atoms with van der Waals surface area (Å²) in [5, 5.41) is 7.05. The summed E-state index contributed by atoms with van der Waals surface area (Å²) in [5.41, 5.74) is 6.05.